The summed E-state index contributed by atoms with van der Waals surface area (Å²) in [5.74, 6) is 0.927. The molecule has 1 fully saturated rings. The van der Waals surface area contributed by atoms with Crippen molar-refractivity contribution in [2.45, 2.75) is 18.9 Å². The van der Waals surface area contributed by atoms with Gasteiger partial charge in [0, 0.05) is 24.0 Å². The van der Waals surface area contributed by atoms with Crippen molar-refractivity contribution < 1.29 is 4.52 Å². The number of nitrogens with zero attached hydrogens (tertiary/aromatic N) is 2. The summed E-state index contributed by atoms with van der Waals surface area (Å²) in [5.41, 5.74) is 1.85. The average molecular weight is 215 g/mol. The van der Waals surface area contributed by atoms with E-state index in [0.29, 0.717) is 6.04 Å². The van der Waals surface area contributed by atoms with Crippen molar-refractivity contribution in [3.05, 3.63) is 36.4 Å². The number of hydrogen-bond acceptors (Lipinski definition) is 4. The minimum atomic E-state index is 0.331. The molecule has 2 aromatic heterocycles. The Balaban J connectivity index is 1.87. The second-order valence-corrected chi connectivity index (χ2v) is 4.01. The van der Waals surface area contributed by atoms with E-state index in [1.165, 1.54) is 6.42 Å². The zero-order valence-electron chi connectivity index (χ0n) is 8.89. The van der Waals surface area contributed by atoms with E-state index in [1.54, 1.807) is 12.4 Å². The maximum Gasteiger partial charge on any atom is 0.154 e. The van der Waals surface area contributed by atoms with E-state index in [0.717, 1.165) is 30.0 Å². The van der Waals surface area contributed by atoms with E-state index in [9.17, 15) is 0 Å². The number of nitrogens with one attached hydrogen (secondary N) is 1. The molecule has 0 aliphatic carbocycles. The Bertz CT molecular complexity index is 460. The minimum absolute atomic E-state index is 0.331. The van der Waals surface area contributed by atoms with Gasteiger partial charge in [0.2, 0.25) is 0 Å². The fourth-order valence-electron chi connectivity index (χ4n) is 2.03. The van der Waals surface area contributed by atoms with Gasteiger partial charge in [-0.25, -0.2) is 0 Å². The molecular formula is C12H13N3O. The van der Waals surface area contributed by atoms with Gasteiger partial charge >= 0.3 is 0 Å². The zero-order chi connectivity index (χ0) is 10.8. The summed E-state index contributed by atoms with van der Waals surface area (Å²) in [4.78, 5) is 4.07. The van der Waals surface area contributed by atoms with Gasteiger partial charge in [-0.15, -0.1) is 0 Å². The van der Waals surface area contributed by atoms with Crippen LogP contribution in [0.15, 0.2) is 35.1 Å². The Morgan fingerprint density at radius 3 is 3.19 bits per heavy atom. The van der Waals surface area contributed by atoms with Gasteiger partial charge in [-0.05, 0) is 31.5 Å². The third-order valence-electron chi connectivity index (χ3n) is 2.89. The highest BCUT2D eigenvalue weighted by atomic mass is 16.5. The van der Waals surface area contributed by atoms with Crippen LogP contribution in [-0.4, -0.2) is 16.7 Å². The molecule has 4 heteroatoms. The standard InChI is InChI=1S/C12H13N3O/c1-3-9(8-13-5-1)11-7-12(16-15-11)10-4-2-6-14-10/h1,3,5,7-8,10,14H,2,4,6H2. The second-order valence-electron chi connectivity index (χ2n) is 4.01. The summed E-state index contributed by atoms with van der Waals surface area (Å²) in [6.07, 6.45) is 5.88. The predicted octanol–water partition coefficient (Wildman–Crippen LogP) is 2.16. The molecule has 0 bridgehead atoms. The van der Waals surface area contributed by atoms with E-state index in [-0.39, 0.29) is 0 Å². The lowest BCUT2D eigenvalue weighted by atomic mass is 10.1. The summed E-state index contributed by atoms with van der Waals surface area (Å²) < 4.78 is 5.36. The van der Waals surface area contributed by atoms with Crippen LogP contribution < -0.4 is 5.32 Å². The lowest BCUT2D eigenvalue weighted by molar-refractivity contribution is 0.353. The number of pyridine rings is 1. The van der Waals surface area contributed by atoms with E-state index in [1.807, 2.05) is 18.2 Å². The largest absolute Gasteiger partial charge is 0.359 e. The zero-order valence-corrected chi connectivity index (χ0v) is 8.89. The Morgan fingerprint density at radius 1 is 1.44 bits per heavy atom. The monoisotopic (exact) mass is 215 g/mol. The normalized spacial score (nSPS) is 20.1. The summed E-state index contributed by atoms with van der Waals surface area (Å²) in [6, 6.07) is 6.21. The molecule has 1 atom stereocenters. The first-order chi connectivity index (χ1) is 7.93. The van der Waals surface area contributed by atoms with Crippen LogP contribution in [0.4, 0.5) is 0 Å². The Kier molecular flexibility index (Phi) is 2.42. The molecule has 1 N–H and O–H groups in total. The maximum absolute atomic E-state index is 5.36. The van der Waals surface area contributed by atoms with Crippen LogP contribution >= 0.6 is 0 Å². The van der Waals surface area contributed by atoms with Crippen molar-refractivity contribution in [3.8, 4) is 11.3 Å². The van der Waals surface area contributed by atoms with Gasteiger partial charge in [0.1, 0.15) is 5.69 Å². The van der Waals surface area contributed by atoms with Crippen LogP contribution in [0.5, 0.6) is 0 Å². The molecule has 1 saturated heterocycles. The number of hydrogen-bond donors (Lipinski definition) is 1. The van der Waals surface area contributed by atoms with Gasteiger partial charge in [-0.1, -0.05) is 5.16 Å². The molecule has 1 unspecified atom stereocenters. The molecule has 16 heavy (non-hydrogen) atoms. The van der Waals surface area contributed by atoms with Crippen LogP contribution in [0, 0.1) is 0 Å². The molecule has 2 aromatic rings. The van der Waals surface area contributed by atoms with E-state index >= 15 is 0 Å². The van der Waals surface area contributed by atoms with Gasteiger partial charge < -0.3 is 9.84 Å². The van der Waals surface area contributed by atoms with Gasteiger partial charge in [0.15, 0.2) is 5.76 Å². The molecule has 1 aliphatic rings. The fourth-order valence-corrected chi connectivity index (χ4v) is 2.03. The van der Waals surface area contributed by atoms with Crippen molar-refractivity contribution in [1.29, 1.82) is 0 Å². The van der Waals surface area contributed by atoms with Crippen molar-refractivity contribution in [2.24, 2.45) is 0 Å². The summed E-state index contributed by atoms with van der Waals surface area (Å²) in [7, 11) is 0. The van der Waals surface area contributed by atoms with Crippen LogP contribution in [0.1, 0.15) is 24.6 Å². The maximum atomic E-state index is 5.36. The summed E-state index contributed by atoms with van der Waals surface area (Å²) in [5, 5.41) is 7.46. The van der Waals surface area contributed by atoms with Crippen LogP contribution in [0.3, 0.4) is 0 Å². The highest BCUT2D eigenvalue weighted by Gasteiger charge is 2.20. The molecule has 4 nitrogen and oxygen atoms in total. The first kappa shape index (κ1) is 9.54. The molecule has 0 radical (unpaired) electrons. The highest BCUT2D eigenvalue weighted by molar-refractivity contribution is 5.57. The number of aromatic nitrogens is 2. The quantitative estimate of drug-likeness (QED) is 0.834. The molecule has 0 aromatic carbocycles. The Labute approximate surface area is 93.7 Å². The van der Waals surface area contributed by atoms with Crippen LogP contribution in [-0.2, 0) is 0 Å². The van der Waals surface area contributed by atoms with E-state index in [2.05, 4.69) is 15.5 Å². The van der Waals surface area contributed by atoms with Crippen molar-refractivity contribution >= 4 is 0 Å². The van der Waals surface area contributed by atoms with Gasteiger partial charge in [0.25, 0.3) is 0 Å². The molecule has 82 valence electrons. The molecule has 0 amide bonds. The van der Waals surface area contributed by atoms with Gasteiger partial charge in [-0.3, -0.25) is 4.98 Å². The lowest BCUT2D eigenvalue weighted by Crippen LogP contribution is -2.11. The molecule has 1 aliphatic heterocycles. The first-order valence-corrected chi connectivity index (χ1v) is 5.54. The van der Waals surface area contributed by atoms with Gasteiger partial charge in [-0.2, -0.15) is 0 Å². The van der Waals surface area contributed by atoms with Crippen molar-refractivity contribution in [1.82, 2.24) is 15.5 Å². The Hall–Kier alpha value is -1.68. The third-order valence-corrected chi connectivity index (χ3v) is 2.89. The molecule has 3 rings (SSSR count). The third kappa shape index (κ3) is 1.72. The van der Waals surface area contributed by atoms with E-state index in [4.69, 9.17) is 4.52 Å². The molecule has 3 heterocycles. The minimum Gasteiger partial charge on any atom is -0.359 e. The van der Waals surface area contributed by atoms with E-state index < -0.39 is 0 Å². The molecule has 0 saturated carbocycles. The topological polar surface area (TPSA) is 51.0 Å². The highest BCUT2D eigenvalue weighted by Crippen LogP contribution is 2.26. The van der Waals surface area contributed by atoms with Gasteiger partial charge in [0.05, 0.1) is 6.04 Å². The summed E-state index contributed by atoms with van der Waals surface area (Å²) >= 11 is 0. The number of rotatable bonds is 2. The fraction of sp³-hybridized carbons (Fsp3) is 0.333. The Morgan fingerprint density at radius 2 is 2.44 bits per heavy atom. The van der Waals surface area contributed by atoms with Crippen molar-refractivity contribution in [3.63, 3.8) is 0 Å². The van der Waals surface area contributed by atoms with Crippen LogP contribution in [0.2, 0.25) is 0 Å². The second kappa shape index (κ2) is 4.06. The lowest BCUT2D eigenvalue weighted by Gasteiger charge is -2.02. The first-order valence-electron chi connectivity index (χ1n) is 5.54. The van der Waals surface area contributed by atoms with Crippen molar-refractivity contribution in [2.75, 3.05) is 6.54 Å². The SMILES string of the molecule is c1cncc(-c2cc(C3CCCN3)on2)c1. The smallest absolute Gasteiger partial charge is 0.154 e. The molecular weight excluding hydrogens is 202 g/mol. The average Bonchev–Trinajstić information content (AvgIpc) is 3.01. The van der Waals surface area contributed by atoms with Crippen LogP contribution in [0.25, 0.3) is 11.3 Å². The molecule has 0 spiro atoms. The summed E-state index contributed by atoms with van der Waals surface area (Å²) in [6.45, 7) is 1.06. The predicted molar refractivity (Wildman–Crippen MR) is 59.7 cm³/mol.